The molecule has 140 valence electrons. The van der Waals surface area contributed by atoms with Crippen LogP contribution in [0, 0.1) is 5.82 Å². The predicted molar refractivity (Wildman–Crippen MR) is 102 cm³/mol. The summed E-state index contributed by atoms with van der Waals surface area (Å²) in [5.74, 6) is 2.34. The van der Waals surface area contributed by atoms with Gasteiger partial charge in [-0.05, 0) is 42.5 Å². The molecule has 0 atom stereocenters. The Morgan fingerprint density at radius 2 is 1.81 bits per heavy atom. The number of benzene rings is 1. The van der Waals surface area contributed by atoms with Gasteiger partial charge in [-0.1, -0.05) is 6.07 Å². The molecule has 0 radical (unpaired) electrons. The monoisotopic (exact) mass is 367 g/mol. The highest BCUT2D eigenvalue weighted by Gasteiger charge is 2.15. The van der Waals surface area contributed by atoms with Crippen LogP contribution in [0.25, 0.3) is 11.3 Å². The van der Waals surface area contributed by atoms with Crippen molar-refractivity contribution in [2.45, 2.75) is 13.1 Å². The Balaban J connectivity index is 1.37. The molecular formula is C21H22FN3O2. The summed E-state index contributed by atoms with van der Waals surface area (Å²) in [5.41, 5.74) is 2.02. The number of halogens is 1. The van der Waals surface area contributed by atoms with Crippen molar-refractivity contribution in [2.75, 3.05) is 31.2 Å². The summed E-state index contributed by atoms with van der Waals surface area (Å²) >= 11 is 0. The minimum absolute atomic E-state index is 0.250. The molecule has 3 heterocycles. The van der Waals surface area contributed by atoms with E-state index in [1.807, 2.05) is 24.4 Å². The summed E-state index contributed by atoms with van der Waals surface area (Å²) < 4.78 is 24.3. The third kappa shape index (κ3) is 4.35. The summed E-state index contributed by atoms with van der Waals surface area (Å²) in [6.07, 6.45) is 1.83. The van der Waals surface area contributed by atoms with Crippen molar-refractivity contribution in [2.24, 2.45) is 0 Å². The minimum atomic E-state index is -0.250. The zero-order valence-corrected chi connectivity index (χ0v) is 15.0. The molecule has 6 heteroatoms. The summed E-state index contributed by atoms with van der Waals surface area (Å²) in [4.78, 5) is 6.82. The van der Waals surface area contributed by atoms with Gasteiger partial charge in [0.25, 0.3) is 0 Å². The topological polar surface area (TPSA) is 50.5 Å². The smallest absolute Gasteiger partial charge is 0.134 e. The van der Waals surface area contributed by atoms with Gasteiger partial charge in [0.2, 0.25) is 0 Å². The molecule has 1 fully saturated rings. The van der Waals surface area contributed by atoms with Gasteiger partial charge in [-0.25, -0.2) is 9.37 Å². The van der Waals surface area contributed by atoms with Crippen LogP contribution in [0.3, 0.4) is 0 Å². The van der Waals surface area contributed by atoms with Gasteiger partial charge in [-0.2, -0.15) is 0 Å². The molecule has 1 aliphatic heterocycles. The maximum absolute atomic E-state index is 13.0. The number of anilines is 1. The molecular weight excluding hydrogens is 345 g/mol. The molecule has 0 unspecified atom stereocenters. The molecule has 2 aromatic heterocycles. The quantitative estimate of drug-likeness (QED) is 0.721. The second-order valence-corrected chi connectivity index (χ2v) is 6.46. The molecule has 5 nitrogen and oxygen atoms in total. The lowest BCUT2D eigenvalue weighted by atomic mass is 10.2. The number of hydrogen-bond acceptors (Lipinski definition) is 5. The number of morpholine rings is 1. The van der Waals surface area contributed by atoms with Crippen LogP contribution in [0.15, 0.2) is 59.1 Å². The minimum Gasteiger partial charge on any atom is -0.460 e. The molecule has 4 rings (SSSR count). The van der Waals surface area contributed by atoms with E-state index in [0.29, 0.717) is 13.1 Å². The fraction of sp³-hybridized carbons (Fsp3) is 0.286. The van der Waals surface area contributed by atoms with Crippen molar-refractivity contribution < 1.29 is 13.5 Å². The molecule has 3 aromatic rings. The van der Waals surface area contributed by atoms with Gasteiger partial charge in [0.1, 0.15) is 23.2 Å². The van der Waals surface area contributed by atoms with Crippen LogP contribution in [0.2, 0.25) is 0 Å². The number of hydrogen-bond donors (Lipinski definition) is 1. The zero-order chi connectivity index (χ0) is 18.5. The van der Waals surface area contributed by atoms with Crippen LogP contribution in [-0.2, 0) is 17.8 Å². The summed E-state index contributed by atoms with van der Waals surface area (Å²) in [6.45, 7) is 4.52. The van der Waals surface area contributed by atoms with Crippen molar-refractivity contribution in [3.63, 3.8) is 0 Å². The molecule has 0 spiro atoms. The first-order chi connectivity index (χ1) is 13.3. The average Bonchev–Trinajstić information content (AvgIpc) is 3.18. The van der Waals surface area contributed by atoms with Gasteiger partial charge in [-0.15, -0.1) is 0 Å². The van der Waals surface area contributed by atoms with E-state index in [0.717, 1.165) is 54.8 Å². The molecule has 1 saturated heterocycles. The first-order valence-electron chi connectivity index (χ1n) is 9.11. The number of aromatic nitrogens is 1. The van der Waals surface area contributed by atoms with Crippen molar-refractivity contribution >= 4 is 5.82 Å². The SMILES string of the molecule is Fc1ccc(-c2ccc(CNCc3cccnc3N3CCOCC3)o2)cc1. The Kier molecular flexibility index (Phi) is 5.46. The Hall–Kier alpha value is -2.70. The van der Waals surface area contributed by atoms with E-state index in [4.69, 9.17) is 9.15 Å². The highest BCUT2D eigenvalue weighted by atomic mass is 19.1. The van der Waals surface area contributed by atoms with E-state index in [1.165, 1.54) is 12.1 Å². The summed E-state index contributed by atoms with van der Waals surface area (Å²) in [6, 6.07) is 14.2. The third-order valence-corrected chi connectivity index (χ3v) is 4.58. The molecule has 0 aliphatic carbocycles. The second kappa shape index (κ2) is 8.33. The van der Waals surface area contributed by atoms with Crippen molar-refractivity contribution in [3.8, 4) is 11.3 Å². The van der Waals surface area contributed by atoms with Crippen LogP contribution in [0.5, 0.6) is 0 Å². The second-order valence-electron chi connectivity index (χ2n) is 6.46. The van der Waals surface area contributed by atoms with Crippen LogP contribution in [0.4, 0.5) is 10.2 Å². The largest absolute Gasteiger partial charge is 0.460 e. The molecule has 0 saturated carbocycles. The number of furan rings is 1. The van der Waals surface area contributed by atoms with Gasteiger partial charge in [0.15, 0.2) is 0 Å². The fourth-order valence-electron chi connectivity index (χ4n) is 3.19. The Bertz CT molecular complexity index is 873. The highest BCUT2D eigenvalue weighted by Crippen LogP contribution is 2.23. The van der Waals surface area contributed by atoms with Crippen molar-refractivity contribution in [1.82, 2.24) is 10.3 Å². The van der Waals surface area contributed by atoms with Crippen molar-refractivity contribution in [3.05, 3.63) is 71.9 Å². The Labute approximate surface area is 157 Å². The normalized spacial score (nSPS) is 14.5. The molecule has 0 amide bonds. The first kappa shape index (κ1) is 17.7. The predicted octanol–water partition coefficient (Wildman–Crippen LogP) is 3.61. The molecule has 27 heavy (non-hydrogen) atoms. The Morgan fingerprint density at radius 3 is 2.63 bits per heavy atom. The van der Waals surface area contributed by atoms with E-state index in [2.05, 4.69) is 21.3 Å². The van der Waals surface area contributed by atoms with E-state index < -0.39 is 0 Å². The summed E-state index contributed by atoms with van der Waals surface area (Å²) in [5, 5.41) is 3.42. The maximum atomic E-state index is 13.0. The van der Waals surface area contributed by atoms with Gasteiger partial charge in [-0.3, -0.25) is 0 Å². The number of ether oxygens (including phenoxy) is 1. The van der Waals surface area contributed by atoms with Gasteiger partial charge in [0, 0.05) is 37.0 Å². The van der Waals surface area contributed by atoms with Crippen LogP contribution in [0.1, 0.15) is 11.3 Å². The molecule has 1 aliphatic rings. The van der Waals surface area contributed by atoms with Gasteiger partial charge in [0.05, 0.1) is 19.8 Å². The van der Waals surface area contributed by atoms with E-state index in [9.17, 15) is 4.39 Å². The maximum Gasteiger partial charge on any atom is 0.134 e. The number of rotatable bonds is 6. The van der Waals surface area contributed by atoms with Gasteiger partial charge >= 0.3 is 0 Å². The fourth-order valence-corrected chi connectivity index (χ4v) is 3.19. The number of nitrogens with one attached hydrogen (secondary N) is 1. The van der Waals surface area contributed by atoms with E-state index >= 15 is 0 Å². The number of pyridine rings is 1. The Morgan fingerprint density at radius 1 is 1.00 bits per heavy atom. The van der Waals surface area contributed by atoms with Crippen LogP contribution >= 0.6 is 0 Å². The zero-order valence-electron chi connectivity index (χ0n) is 15.0. The van der Waals surface area contributed by atoms with E-state index in [1.54, 1.807) is 12.1 Å². The molecule has 1 aromatic carbocycles. The lowest BCUT2D eigenvalue weighted by Crippen LogP contribution is -2.37. The van der Waals surface area contributed by atoms with E-state index in [-0.39, 0.29) is 5.82 Å². The lowest BCUT2D eigenvalue weighted by molar-refractivity contribution is 0.122. The number of nitrogens with zero attached hydrogens (tertiary/aromatic N) is 2. The lowest BCUT2D eigenvalue weighted by Gasteiger charge is -2.29. The van der Waals surface area contributed by atoms with Crippen LogP contribution in [-0.4, -0.2) is 31.3 Å². The average molecular weight is 367 g/mol. The van der Waals surface area contributed by atoms with Gasteiger partial charge < -0.3 is 19.4 Å². The first-order valence-corrected chi connectivity index (χ1v) is 9.11. The van der Waals surface area contributed by atoms with Crippen LogP contribution < -0.4 is 10.2 Å². The third-order valence-electron chi connectivity index (χ3n) is 4.58. The molecule has 1 N–H and O–H groups in total. The van der Waals surface area contributed by atoms with Crippen molar-refractivity contribution in [1.29, 1.82) is 0 Å². The standard InChI is InChI=1S/C21H22FN3O2/c22-18-5-3-16(4-6-18)20-8-7-19(27-20)15-23-14-17-2-1-9-24-21(17)25-10-12-26-13-11-25/h1-9,23H,10-15H2. The summed E-state index contributed by atoms with van der Waals surface area (Å²) in [7, 11) is 0. The highest BCUT2D eigenvalue weighted by molar-refractivity contribution is 5.57. The molecule has 0 bridgehead atoms.